The fourth-order valence-corrected chi connectivity index (χ4v) is 2.70. The fraction of sp³-hybridized carbons (Fsp3) is 0.462. The van der Waals surface area contributed by atoms with Gasteiger partial charge in [0.15, 0.2) is 0 Å². The highest BCUT2D eigenvalue weighted by molar-refractivity contribution is 6.44. The summed E-state index contributed by atoms with van der Waals surface area (Å²) in [6.45, 7) is 1.43. The number of hydrogen-bond donors (Lipinski definition) is 1. The number of carbonyl (C=O) groups excluding carboxylic acids is 1. The third kappa shape index (κ3) is 2.96. The highest BCUT2D eigenvalue weighted by Crippen LogP contribution is 2.30. The molecular weight excluding hydrogens is 285 g/mol. The summed E-state index contributed by atoms with van der Waals surface area (Å²) in [4.78, 5) is 16.4. The second-order valence-electron chi connectivity index (χ2n) is 5.02. The van der Waals surface area contributed by atoms with Crippen molar-refractivity contribution in [2.75, 3.05) is 32.9 Å². The van der Waals surface area contributed by atoms with Crippen LogP contribution in [0.5, 0.6) is 0 Å². The second-order valence-corrected chi connectivity index (χ2v) is 5.81. The van der Waals surface area contributed by atoms with Crippen LogP contribution in [0.4, 0.5) is 5.69 Å². The Morgan fingerprint density at radius 2 is 2.11 bits per heavy atom. The van der Waals surface area contributed by atoms with Gasteiger partial charge in [0.1, 0.15) is 0 Å². The zero-order valence-electron chi connectivity index (χ0n) is 11.0. The Kier molecular flexibility index (Phi) is 4.23. The van der Waals surface area contributed by atoms with E-state index in [9.17, 15) is 4.79 Å². The van der Waals surface area contributed by atoms with Crippen molar-refractivity contribution in [3.63, 3.8) is 0 Å². The Labute approximate surface area is 123 Å². The molecule has 104 valence electrons. The molecule has 2 rings (SSSR count). The van der Waals surface area contributed by atoms with E-state index in [0.29, 0.717) is 28.9 Å². The van der Waals surface area contributed by atoms with Gasteiger partial charge in [0.05, 0.1) is 15.6 Å². The Morgan fingerprint density at radius 1 is 1.42 bits per heavy atom. The first-order chi connectivity index (χ1) is 8.90. The quantitative estimate of drug-likeness (QED) is 0.853. The van der Waals surface area contributed by atoms with Gasteiger partial charge < -0.3 is 15.5 Å². The van der Waals surface area contributed by atoms with E-state index >= 15 is 0 Å². The lowest BCUT2D eigenvalue weighted by Gasteiger charge is -2.21. The number of nitrogens with two attached hydrogens (primary N) is 1. The topological polar surface area (TPSA) is 49.6 Å². The number of hydrogen-bond acceptors (Lipinski definition) is 3. The van der Waals surface area contributed by atoms with Crippen molar-refractivity contribution >= 4 is 34.8 Å². The van der Waals surface area contributed by atoms with Crippen LogP contribution in [-0.2, 0) is 0 Å². The summed E-state index contributed by atoms with van der Waals surface area (Å²) in [5, 5.41) is 0.586. The molecule has 2 N–H and O–H groups in total. The van der Waals surface area contributed by atoms with Crippen LogP contribution in [0.2, 0.25) is 10.0 Å². The number of benzene rings is 1. The van der Waals surface area contributed by atoms with Gasteiger partial charge in [0, 0.05) is 24.8 Å². The van der Waals surface area contributed by atoms with Crippen molar-refractivity contribution in [1.82, 2.24) is 9.80 Å². The van der Waals surface area contributed by atoms with Crippen LogP contribution in [0.3, 0.4) is 0 Å². The maximum atomic E-state index is 12.4. The van der Waals surface area contributed by atoms with E-state index in [4.69, 9.17) is 28.9 Å². The van der Waals surface area contributed by atoms with Crippen molar-refractivity contribution in [1.29, 1.82) is 0 Å². The molecule has 1 aliphatic rings. The minimum absolute atomic E-state index is 0.108. The lowest BCUT2D eigenvalue weighted by Crippen LogP contribution is -2.34. The molecule has 0 aliphatic carbocycles. The molecule has 1 saturated heterocycles. The van der Waals surface area contributed by atoms with E-state index in [1.165, 1.54) is 0 Å². The molecule has 0 spiro atoms. The Morgan fingerprint density at radius 3 is 2.68 bits per heavy atom. The average molecular weight is 302 g/mol. The maximum Gasteiger partial charge on any atom is 0.255 e. The van der Waals surface area contributed by atoms with Crippen LogP contribution in [-0.4, -0.2) is 48.9 Å². The summed E-state index contributed by atoms with van der Waals surface area (Å²) in [7, 11) is 4.03. The highest BCUT2D eigenvalue weighted by Gasteiger charge is 2.29. The molecule has 0 saturated carbocycles. The van der Waals surface area contributed by atoms with Gasteiger partial charge in [0.2, 0.25) is 0 Å². The highest BCUT2D eigenvalue weighted by atomic mass is 35.5. The molecule has 4 nitrogen and oxygen atoms in total. The van der Waals surface area contributed by atoms with Gasteiger partial charge in [-0.25, -0.2) is 0 Å². The molecule has 0 radical (unpaired) electrons. The van der Waals surface area contributed by atoms with Gasteiger partial charge in [0.25, 0.3) is 5.91 Å². The first-order valence-corrected chi connectivity index (χ1v) is 6.86. The lowest BCUT2D eigenvalue weighted by atomic mass is 10.1. The predicted molar refractivity (Wildman–Crippen MR) is 78.9 cm³/mol. The van der Waals surface area contributed by atoms with Crippen LogP contribution in [0.25, 0.3) is 0 Å². The van der Waals surface area contributed by atoms with E-state index < -0.39 is 0 Å². The number of nitrogens with zero attached hydrogens (tertiary/aromatic N) is 2. The zero-order valence-corrected chi connectivity index (χ0v) is 12.5. The van der Waals surface area contributed by atoms with Gasteiger partial charge in [-0.1, -0.05) is 23.2 Å². The Bertz CT molecular complexity index is 505. The monoisotopic (exact) mass is 301 g/mol. The fourth-order valence-electron chi connectivity index (χ4n) is 2.28. The zero-order chi connectivity index (χ0) is 14.2. The van der Waals surface area contributed by atoms with Crippen molar-refractivity contribution in [2.24, 2.45) is 0 Å². The molecule has 1 aromatic carbocycles. The lowest BCUT2D eigenvalue weighted by molar-refractivity contribution is 0.0783. The molecule has 1 aliphatic heterocycles. The van der Waals surface area contributed by atoms with Crippen LogP contribution >= 0.6 is 23.2 Å². The van der Waals surface area contributed by atoms with E-state index in [-0.39, 0.29) is 10.9 Å². The molecule has 19 heavy (non-hydrogen) atoms. The third-order valence-corrected chi connectivity index (χ3v) is 4.26. The normalized spacial score (nSPS) is 19.2. The first-order valence-electron chi connectivity index (χ1n) is 6.10. The summed E-state index contributed by atoms with van der Waals surface area (Å²) in [5.41, 5.74) is 6.54. The van der Waals surface area contributed by atoms with Gasteiger partial charge in [-0.2, -0.15) is 0 Å². The summed E-state index contributed by atoms with van der Waals surface area (Å²) < 4.78 is 0. The van der Waals surface area contributed by atoms with E-state index in [2.05, 4.69) is 4.90 Å². The van der Waals surface area contributed by atoms with Crippen LogP contribution in [0, 0.1) is 0 Å². The van der Waals surface area contributed by atoms with E-state index in [1.54, 1.807) is 17.0 Å². The smallest absolute Gasteiger partial charge is 0.255 e. The maximum absolute atomic E-state index is 12.4. The Balaban J connectivity index is 2.22. The number of anilines is 1. The minimum atomic E-state index is -0.108. The van der Waals surface area contributed by atoms with Gasteiger partial charge in [-0.15, -0.1) is 0 Å². The molecule has 0 aromatic heterocycles. The largest absolute Gasteiger partial charge is 0.399 e. The van der Waals surface area contributed by atoms with Crippen molar-refractivity contribution in [3.05, 3.63) is 27.7 Å². The van der Waals surface area contributed by atoms with Gasteiger partial charge >= 0.3 is 0 Å². The molecule has 1 fully saturated rings. The predicted octanol–water partition coefficient (Wildman–Crippen LogP) is 2.35. The number of likely N-dealkylation sites (tertiary alicyclic amines) is 1. The van der Waals surface area contributed by atoms with E-state index in [0.717, 1.165) is 13.0 Å². The van der Waals surface area contributed by atoms with Crippen LogP contribution in [0.15, 0.2) is 12.1 Å². The molecule has 1 unspecified atom stereocenters. The van der Waals surface area contributed by atoms with Crippen molar-refractivity contribution in [3.8, 4) is 0 Å². The van der Waals surface area contributed by atoms with Crippen molar-refractivity contribution < 1.29 is 4.79 Å². The van der Waals surface area contributed by atoms with E-state index in [1.807, 2.05) is 14.1 Å². The number of likely N-dealkylation sites (N-methyl/N-ethyl adjacent to an activating group) is 1. The van der Waals surface area contributed by atoms with Gasteiger partial charge in [-0.05, 0) is 32.6 Å². The molecule has 1 atom stereocenters. The third-order valence-electron chi connectivity index (χ3n) is 3.46. The Hall–Kier alpha value is -0.970. The first kappa shape index (κ1) is 14.4. The summed E-state index contributed by atoms with van der Waals surface area (Å²) >= 11 is 12.1. The average Bonchev–Trinajstić information content (AvgIpc) is 2.82. The number of nitrogen functional groups attached to an aromatic ring is 1. The second kappa shape index (κ2) is 5.57. The molecule has 1 amide bonds. The summed E-state index contributed by atoms with van der Waals surface area (Å²) in [6.07, 6.45) is 0.965. The number of rotatable bonds is 2. The minimum Gasteiger partial charge on any atom is -0.399 e. The van der Waals surface area contributed by atoms with Gasteiger partial charge in [-0.3, -0.25) is 4.79 Å². The molecule has 0 bridgehead atoms. The molecular formula is C13H17Cl2N3O. The molecule has 1 aromatic rings. The van der Waals surface area contributed by atoms with Crippen LogP contribution in [0.1, 0.15) is 16.8 Å². The summed E-state index contributed by atoms with van der Waals surface area (Å²) in [5.74, 6) is -0.108. The number of amides is 1. The summed E-state index contributed by atoms with van der Waals surface area (Å²) in [6, 6.07) is 3.52. The number of halogens is 2. The van der Waals surface area contributed by atoms with Crippen molar-refractivity contribution in [2.45, 2.75) is 12.5 Å². The van der Waals surface area contributed by atoms with Crippen LogP contribution < -0.4 is 5.73 Å². The molecule has 6 heteroatoms. The SMILES string of the molecule is CN(C)C1CCN(C(=O)c2cc(N)cc(Cl)c2Cl)C1. The number of carbonyl (C=O) groups is 1. The molecule has 1 heterocycles. The standard InChI is InChI=1S/C13H17Cl2N3O/c1-17(2)9-3-4-18(7-9)13(19)10-5-8(16)6-11(14)12(10)15/h5-6,9H,3-4,7,16H2,1-2H3.